The fourth-order valence-electron chi connectivity index (χ4n) is 2.69. The van der Waals surface area contributed by atoms with Crippen molar-refractivity contribution in [3.05, 3.63) is 70.5 Å². The number of rotatable bonds is 3. The van der Waals surface area contributed by atoms with Crippen molar-refractivity contribution in [3.63, 3.8) is 0 Å². The maximum absolute atomic E-state index is 6.07. The zero-order valence-corrected chi connectivity index (χ0v) is 14.2. The maximum atomic E-state index is 6.07. The van der Waals surface area contributed by atoms with Crippen molar-refractivity contribution in [1.29, 1.82) is 0 Å². The van der Waals surface area contributed by atoms with E-state index in [1.54, 1.807) is 0 Å². The first kappa shape index (κ1) is 16.1. The van der Waals surface area contributed by atoms with E-state index in [1.165, 1.54) is 0 Å². The van der Waals surface area contributed by atoms with Crippen molar-refractivity contribution in [3.8, 4) is 17.1 Å². The number of imidazole rings is 1. The largest absolute Gasteiger partial charge is 0.382 e. The predicted octanol–water partition coefficient (Wildman–Crippen LogP) is 3.39. The second-order valence-electron chi connectivity index (χ2n) is 5.58. The first-order valence-electron chi connectivity index (χ1n) is 7.46. The zero-order valence-electron chi connectivity index (χ0n) is 13.5. The molecule has 0 spiro atoms. The number of hydrazone groups is 1. The molecule has 6 heteroatoms. The van der Waals surface area contributed by atoms with Crippen LogP contribution < -0.4 is 11.6 Å². The summed E-state index contributed by atoms with van der Waals surface area (Å²) in [6.45, 7) is 4.04. The molecule has 0 fully saturated rings. The van der Waals surface area contributed by atoms with Gasteiger partial charge in [-0.3, -0.25) is 4.57 Å². The Balaban J connectivity index is 2.11. The summed E-state index contributed by atoms with van der Waals surface area (Å²) in [4.78, 5) is 4.58. The fraction of sp³-hybridized carbons (Fsp3) is 0.111. The zero-order chi connectivity index (χ0) is 17.3. The Bertz CT molecular complexity index is 910. The number of nitrogens with zero attached hydrogens (tertiary/aromatic N) is 3. The number of hydrogen-bond acceptors (Lipinski definition) is 3. The lowest BCUT2D eigenvalue weighted by molar-refractivity contribution is 1.01. The van der Waals surface area contributed by atoms with Crippen molar-refractivity contribution >= 4 is 17.4 Å². The van der Waals surface area contributed by atoms with E-state index < -0.39 is 0 Å². The number of halogens is 1. The van der Waals surface area contributed by atoms with Crippen LogP contribution in [0.15, 0.2) is 53.8 Å². The summed E-state index contributed by atoms with van der Waals surface area (Å²) < 4.78 is 2.09. The van der Waals surface area contributed by atoms with Gasteiger partial charge in [0.2, 0.25) is 0 Å². The topological polar surface area (TPSA) is 82.2 Å². The molecule has 0 saturated heterocycles. The fourth-order valence-corrected chi connectivity index (χ4v) is 2.91. The number of hydrogen-bond donors (Lipinski definition) is 2. The average molecular weight is 340 g/mol. The van der Waals surface area contributed by atoms with Crippen LogP contribution in [-0.2, 0) is 0 Å². The molecule has 1 aromatic heterocycles. The van der Waals surface area contributed by atoms with Gasteiger partial charge in [-0.15, -0.1) is 0 Å². The van der Waals surface area contributed by atoms with Gasteiger partial charge in [-0.25, -0.2) is 4.98 Å². The Kier molecular flexibility index (Phi) is 4.27. The maximum Gasteiger partial charge on any atom is 0.150 e. The summed E-state index contributed by atoms with van der Waals surface area (Å²) in [6.07, 6.45) is 1.85. The summed E-state index contributed by atoms with van der Waals surface area (Å²) in [5.74, 6) is 6.40. The van der Waals surface area contributed by atoms with Crippen LogP contribution in [0, 0.1) is 13.8 Å². The number of aromatic nitrogens is 2. The lowest BCUT2D eigenvalue weighted by Gasteiger charge is -2.13. The molecule has 0 atom stereocenters. The number of amidine groups is 1. The normalized spacial score (nSPS) is 11.7. The second-order valence-corrected chi connectivity index (χ2v) is 6.02. The molecule has 0 aliphatic heterocycles. The second kappa shape index (κ2) is 6.37. The van der Waals surface area contributed by atoms with Crippen LogP contribution in [0.3, 0.4) is 0 Å². The highest BCUT2D eigenvalue weighted by molar-refractivity contribution is 6.30. The van der Waals surface area contributed by atoms with Crippen molar-refractivity contribution in [1.82, 2.24) is 9.55 Å². The summed E-state index contributed by atoms with van der Waals surface area (Å²) in [5.41, 5.74) is 10.7. The quantitative estimate of drug-likeness (QED) is 0.332. The first-order valence-corrected chi connectivity index (χ1v) is 7.84. The van der Waals surface area contributed by atoms with Crippen LogP contribution in [0.4, 0.5) is 0 Å². The van der Waals surface area contributed by atoms with E-state index in [4.69, 9.17) is 23.2 Å². The third-order valence-electron chi connectivity index (χ3n) is 3.93. The highest BCUT2D eigenvalue weighted by atomic mass is 35.5. The van der Waals surface area contributed by atoms with Gasteiger partial charge >= 0.3 is 0 Å². The predicted molar refractivity (Wildman–Crippen MR) is 98.4 cm³/mol. The van der Waals surface area contributed by atoms with E-state index in [1.807, 2.05) is 62.5 Å². The summed E-state index contributed by atoms with van der Waals surface area (Å²) in [6, 6.07) is 13.5. The summed E-state index contributed by atoms with van der Waals surface area (Å²) >= 11 is 6.07. The lowest BCUT2D eigenvalue weighted by atomic mass is 10.1. The molecule has 0 bridgehead atoms. The van der Waals surface area contributed by atoms with Gasteiger partial charge in [-0.1, -0.05) is 11.6 Å². The van der Waals surface area contributed by atoms with E-state index >= 15 is 0 Å². The van der Waals surface area contributed by atoms with Gasteiger partial charge in [0.05, 0.1) is 0 Å². The number of aryl methyl sites for hydroxylation is 2. The van der Waals surface area contributed by atoms with Crippen molar-refractivity contribution in [2.24, 2.45) is 16.7 Å². The SMILES string of the molecule is Cc1cc(Cl)ccc1-c1ncc(C)n1-c1ccc(/C(N)=N/N)cc1. The van der Waals surface area contributed by atoms with Gasteiger partial charge in [-0.2, -0.15) is 5.10 Å². The van der Waals surface area contributed by atoms with Crippen molar-refractivity contribution in [2.45, 2.75) is 13.8 Å². The van der Waals surface area contributed by atoms with E-state index in [9.17, 15) is 0 Å². The number of nitrogens with two attached hydrogens (primary N) is 2. The van der Waals surface area contributed by atoms with E-state index in [0.717, 1.165) is 33.9 Å². The van der Waals surface area contributed by atoms with E-state index in [0.29, 0.717) is 10.9 Å². The molecule has 122 valence electrons. The van der Waals surface area contributed by atoms with Crippen LogP contribution in [0.25, 0.3) is 17.1 Å². The highest BCUT2D eigenvalue weighted by Gasteiger charge is 2.13. The van der Waals surface area contributed by atoms with Crippen LogP contribution in [0.5, 0.6) is 0 Å². The molecule has 0 radical (unpaired) electrons. The molecule has 0 saturated carbocycles. The van der Waals surface area contributed by atoms with Crippen LogP contribution in [-0.4, -0.2) is 15.4 Å². The highest BCUT2D eigenvalue weighted by Crippen LogP contribution is 2.28. The Morgan fingerprint density at radius 2 is 1.83 bits per heavy atom. The third-order valence-corrected chi connectivity index (χ3v) is 4.16. The van der Waals surface area contributed by atoms with Gasteiger partial charge in [0.15, 0.2) is 0 Å². The monoisotopic (exact) mass is 339 g/mol. The molecule has 0 amide bonds. The Morgan fingerprint density at radius 1 is 1.12 bits per heavy atom. The van der Waals surface area contributed by atoms with Crippen LogP contribution in [0.2, 0.25) is 5.02 Å². The number of benzene rings is 2. The minimum Gasteiger partial charge on any atom is -0.382 e. The molecular weight excluding hydrogens is 322 g/mol. The average Bonchev–Trinajstić information content (AvgIpc) is 2.95. The Morgan fingerprint density at radius 3 is 2.46 bits per heavy atom. The molecule has 0 aliphatic carbocycles. The van der Waals surface area contributed by atoms with E-state index in [-0.39, 0.29) is 0 Å². The molecule has 0 unspecified atom stereocenters. The van der Waals surface area contributed by atoms with Crippen LogP contribution >= 0.6 is 11.6 Å². The molecule has 3 aromatic rings. The summed E-state index contributed by atoms with van der Waals surface area (Å²) in [7, 11) is 0. The molecule has 5 nitrogen and oxygen atoms in total. The summed E-state index contributed by atoms with van der Waals surface area (Å²) in [5, 5.41) is 4.23. The lowest BCUT2D eigenvalue weighted by Crippen LogP contribution is -2.15. The smallest absolute Gasteiger partial charge is 0.150 e. The van der Waals surface area contributed by atoms with Gasteiger partial charge in [0, 0.05) is 33.7 Å². The van der Waals surface area contributed by atoms with Crippen LogP contribution in [0.1, 0.15) is 16.8 Å². The third kappa shape index (κ3) is 2.86. The van der Waals surface area contributed by atoms with Gasteiger partial charge < -0.3 is 11.6 Å². The Hall–Kier alpha value is -2.79. The van der Waals surface area contributed by atoms with E-state index in [2.05, 4.69) is 14.7 Å². The first-order chi connectivity index (χ1) is 11.5. The van der Waals surface area contributed by atoms with Gasteiger partial charge in [0.1, 0.15) is 11.7 Å². The minimum absolute atomic E-state index is 0.303. The molecule has 1 heterocycles. The standard InChI is InChI=1S/C18H18ClN5/c1-11-9-14(19)5-8-16(11)18-22-10-12(2)24(18)15-6-3-13(4-7-15)17(20)23-21/h3-10H,21H2,1-2H3,(H2,20,23). The molecule has 3 rings (SSSR count). The van der Waals surface area contributed by atoms with Gasteiger partial charge in [-0.05, 0) is 61.9 Å². The van der Waals surface area contributed by atoms with Crippen molar-refractivity contribution in [2.75, 3.05) is 0 Å². The van der Waals surface area contributed by atoms with Gasteiger partial charge in [0.25, 0.3) is 0 Å². The molecule has 0 aliphatic rings. The molecule has 2 aromatic carbocycles. The Labute approximate surface area is 145 Å². The molecule has 4 N–H and O–H groups in total. The minimum atomic E-state index is 0.303. The van der Waals surface area contributed by atoms with Crippen molar-refractivity contribution < 1.29 is 0 Å². The molecule has 24 heavy (non-hydrogen) atoms. The molecular formula is C18H18ClN5.